The van der Waals surface area contributed by atoms with Gasteiger partial charge in [0.25, 0.3) is 0 Å². The highest BCUT2D eigenvalue weighted by Crippen LogP contribution is 2.30. The highest BCUT2D eigenvalue weighted by molar-refractivity contribution is 5.94. The van der Waals surface area contributed by atoms with E-state index in [1.54, 1.807) is 0 Å². The molecule has 136 valence electrons. The van der Waals surface area contributed by atoms with Crippen LogP contribution in [0.3, 0.4) is 0 Å². The lowest BCUT2D eigenvalue weighted by Crippen LogP contribution is -2.33. The van der Waals surface area contributed by atoms with Crippen molar-refractivity contribution < 1.29 is 4.79 Å². The van der Waals surface area contributed by atoms with Crippen molar-refractivity contribution >= 4 is 22.6 Å². The Kier molecular flexibility index (Phi) is 5.33. The van der Waals surface area contributed by atoms with Crippen LogP contribution in [0.5, 0.6) is 0 Å². The molecule has 0 aliphatic carbocycles. The number of amides is 2. The summed E-state index contributed by atoms with van der Waals surface area (Å²) in [5.74, 6) is 1.12. The average molecular weight is 342 g/mol. The van der Waals surface area contributed by atoms with Crippen molar-refractivity contribution in [2.75, 3.05) is 25.0 Å². The van der Waals surface area contributed by atoms with Crippen LogP contribution in [0.25, 0.3) is 10.9 Å². The second kappa shape index (κ2) is 7.48. The minimum absolute atomic E-state index is 0.140. The first kappa shape index (κ1) is 17.8. The van der Waals surface area contributed by atoms with Gasteiger partial charge in [0.1, 0.15) is 0 Å². The summed E-state index contributed by atoms with van der Waals surface area (Å²) in [5.41, 5.74) is 4.73. The van der Waals surface area contributed by atoms with E-state index in [0.717, 1.165) is 37.3 Å². The lowest BCUT2D eigenvalue weighted by atomic mass is 10.0. The molecule has 0 saturated heterocycles. The molecule has 5 heteroatoms. The second-order valence-corrected chi connectivity index (χ2v) is 7.95. The van der Waals surface area contributed by atoms with Gasteiger partial charge < -0.3 is 15.6 Å². The predicted molar refractivity (Wildman–Crippen MR) is 104 cm³/mol. The van der Waals surface area contributed by atoms with E-state index in [2.05, 4.69) is 60.3 Å². The van der Waals surface area contributed by atoms with Gasteiger partial charge in [0, 0.05) is 54.9 Å². The van der Waals surface area contributed by atoms with Gasteiger partial charge in [-0.25, -0.2) is 4.79 Å². The van der Waals surface area contributed by atoms with E-state index < -0.39 is 0 Å². The number of hydrogen-bond acceptors (Lipinski definition) is 2. The van der Waals surface area contributed by atoms with Crippen LogP contribution in [0.2, 0.25) is 0 Å². The molecule has 0 fully saturated rings. The van der Waals surface area contributed by atoms with Crippen LogP contribution in [-0.2, 0) is 13.0 Å². The number of nitrogens with zero attached hydrogens (tertiary/aromatic N) is 1. The number of carbonyl (C=O) groups excluding carboxylic acids is 1. The number of aromatic amines is 1. The van der Waals surface area contributed by atoms with E-state index >= 15 is 0 Å². The van der Waals surface area contributed by atoms with Gasteiger partial charge in [-0.15, -0.1) is 0 Å². The molecule has 2 aromatic rings. The fraction of sp³-hybridized carbons (Fsp3) is 0.550. The lowest BCUT2D eigenvalue weighted by Gasteiger charge is -2.28. The highest BCUT2D eigenvalue weighted by atomic mass is 16.2. The molecule has 0 saturated carbocycles. The van der Waals surface area contributed by atoms with Gasteiger partial charge in [-0.2, -0.15) is 0 Å². The standard InChI is InChI=1S/C20H30N4O/c1-13(2)10-21-20(25)22-15-5-6-18-16(9-15)17-12-24(11-14(3)4)8-7-19(17)23-18/h5-6,9,13-14,23H,7-8,10-12H2,1-4H3,(H2,21,22,25). The lowest BCUT2D eigenvalue weighted by molar-refractivity contribution is 0.226. The minimum Gasteiger partial charge on any atom is -0.358 e. The summed E-state index contributed by atoms with van der Waals surface area (Å²) in [5, 5.41) is 7.08. The molecule has 0 bridgehead atoms. The number of rotatable bonds is 5. The molecule has 0 atom stereocenters. The summed E-state index contributed by atoms with van der Waals surface area (Å²) in [6.07, 6.45) is 1.06. The summed E-state index contributed by atoms with van der Waals surface area (Å²) < 4.78 is 0. The van der Waals surface area contributed by atoms with Crippen LogP contribution in [0.1, 0.15) is 39.0 Å². The van der Waals surface area contributed by atoms with Crippen LogP contribution < -0.4 is 10.6 Å². The molecule has 0 radical (unpaired) electrons. The molecule has 0 unspecified atom stereocenters. The molecule has 2 amide bonds. The first-order chi connectivity index (χ1) is 11.9. The topological polar surface area (TPSA) is 60.2 Å². The molecule has 1 aliphatic heterocycles. The van der Waals surface area contributed by atoms with Crippen molar-refractivity contribution in [2.24, 2.45) is 11.8 Å². The van der Waals surface area contributed by atoms with Crippen molar-refractivity contribution in [3.05, 3.63) is 29.5 Å². The van der Waals surface area contributed by atoms with Crippen molar-refractivity contribution in [2.45, 2.75) is 40.7 Å². The van der Waals surface area contributed by atoms with Gasteiger partial charge in [-0.3, -0.25) is 4.90 Å². The third-order valence-electron chi connectivity index (χ3n) is 4.61. The van der Waals surface area contributed by atoms with E-state index in [4.69, 9.17) is 0 Å². The number of H-pyrrole nitrogens is 1. The highest BCUT2D eigenvalue weighted by Gasteiger charge is 2.21. The Hall–Kier alpha value is -2.01. The molecule has 3 N–H and O–H groups in total. The average Bonchev–Trinajstić information content (AvgIpc) is 2.90. The molecule has 2 heterocycles. The number of aromatic nitrogens is 1. The van der Waals surface area contributed by atoms with Gasteiger partial charge in [0.15, 0.2) is 0 Å². The van der Waals surface area contributed by atoms with Gasteiger partial charge in [-0.05, 0) is 35.6 Å². The van der Waals surface area contributed by atoms with Crippen LogP contribution >= 0.6 is 0 Å². The molecular formula is C20H30N4O. The SMILES string of the molecule is CC(C)CNC(=O)Nc1ccc2[nH]c3c(c2c1)CN(CC(C)C)CC3. The maximum atomic E-state index is 12.0. The Morgan fingerprint density at radius 3 is 2.76 bits per heavy atom. The minimum atomic E-state index is -0.140. The zero-order valence-corrected chi connectivity index (χ0v) is 15.8. The summed E-state index contributed by atoms with van der Waals surface area (Å²) >= 11 is 0. The molecule has 3 rings (SSSR count). The third kappa shape index (κ3) is 4.34. The number of nitrogens with one attached hydrogen (secondary N) is 3. The molecular weight excluding hydrogens is 312 g/mol. The second-order valence-electron chi connectivity index (χ2n) is 7.95. The number of hydrogen-bond donors (Lipinski definition) is 3. The first-order valence-electron chi connectivity index (χ1n) is 9.33. The normalized spacial score (nSPS) is 15.0. The van der Waals surface area contributed by atoms with Crippen LogP contribution in [-0.4, -0.2) is 35.5 Å². The number of urea groups is 1. The van der Waals surface area contributed by atoms with E-state index in [-0.39, 0.29) is 6.03 Å². The molecule has 25 heavy (non-hydrogen) atoms. The van der Waals surface area contributed by atoms with E-state index in [1.807, 2.05) is 6.07 Å². The quantitative estimate of drug-likeness (QED) is 0.770. The first-order valence-corrected chi connectivity index (χ1v) is 9.33. The van der Waals surface area contributed by atoms with Crippen molar-refractivity contribution in [3.8, 4) is 0 Å². The van der Waals surface area contributed by atoms with E-state index in [0.29, 0.717) is 18.4 Å². The fourth-order valence-corrected chi connectivity index (χ4v) is 3.49. The molecule has 1 aromatic heterocycles. The number of carbonyl (C=O) groups is 1. The van der Waals surface area contributed by atoms with Crippen molar-refractivity contribution in [1.82, 2.24) is 15.2 Å². The smallest absolute Gasteiger partial charge is 0.319 e. The van der Waals surface area contributed by atoms with Gasteiger partial charge in [0.05, 0.1) is 0 Å². The van der Waals surface area contributed by atoms with Crippen LogP contribution in [0.15, 0.2) is 18.2 Å². The Morgan fingerprint density at radius 2 is 2.04 bits per heavy atom. The fourth-order valence-electron chi connectivity index (χ4n) is 3.49. The van der Waals surface area contributed by atoms with E-state index in [1.165, 1.54) is 16.6 Å². The monoisotopic (exact) mass is 342 g/mol. The molecule has 1 aliphatic rings. The Balaban J connectivity index is 1.77. The summed E-state index contributed by atoms with van der Waals surface area (Å²) in [6.45, 7) is 12.6. The predicted octanol–water partition coefficient (Wildman–Crippen LogP) is 3.96. The van der Waals surface area contributed by atoms with Crippen LogP contribution in [0, 0.1) is 11.8 Å². The van der Waals surface area contributed by atoms with Crippen molar-refractivity contribution in [1.29, 1.82) is 0 Å². The number of anilines is 1. The maximum Gasteiger partial charge on any atom is 0.319 e. The summed E-state index contributed by atoms with van der Waals surface area (Å²) in [7, 11) is 0. The van der Waals surface area contributed by atoms with Crippen LogP contribution in [0.4, 0.5) is 10.5 Å². The van der Waals surface area contributed by atoms with Gasteiger partial charge >= 0.3 is 6.03 Å². The number of benzene rings is 1. The Morgan fingerprint density at radius 1 is 1.24 bits per heavy atom. The third-order valence-corrected chi connectivity index (χ3v) is 4.61. The van der Waals surface area contributed by atoms with Gasteiger partial charge in [0.2, 0.25) is 0 Å². The zero-order valence-electron chi connectivity index (χ0n) is 15.8. The summed E-state index contributed by atoms with van der Waals surface area (Å²) in [6, 6.07) is 5.99. The number of fused-ring (bicyclic) bond motifs is 3. The van der Waals surface area contributed by atoms with Gasteiger partial charge in [-0.1, -0.05) is 27.7 Å². The maximum absolute atomic E-state index is 12.0. The molecule has 5 nitrogen and oxygen atoms in total. The summed E-state index contributed by atoms with van der Waals surface area (Å²) in [4.78, 5) is 18.1. The van der Waals surface area contributed by atoms with Crippen molar-refractivity contribution in [3.63, 3.8) is 0 Å². The molecule has 0 spiro atoms. The largest absolute Gasteiger partial charge is 0.358 e. The Bertz CT molecular complexity index is 747. The zero-order chi connectivity index (χ0) is 18.0. The van der Waals surface area contributed by atoms with E-state index in [9.17, 15) is 4.79 Å². The Labute approximate surface area is 150 Å². The molecule has 1 aromatic carbocycles.